The summed E-state index contributed by atoms with van der Waals surface area (Å²) in [7, 11) is 0. The fourth-order valence-electron chi connectivity index (χ4n) is 3.54. The molecule has 28 heavy (non-hydrogen) atoms. The molecule has 0 aliphatic carbocycles. The Morgan fingerprint density at radius 1 is 0.821 bits per heavy atom. The van der Waals surface area contributed by atoms with Crippen LogP contribution < -0.4 is 4.74 Å². The molecule has 0 bridgehead atoms. The molecule has 1 N–H and O–H groups in total. The van der Waals surface area contributed by atoms with E-state index < -0.39 is 0 Å². The van der Waals surface area contributed by atoms with Crippen LogP contribution in [0.5, 0.6) is 5.75 Å². The van der Waals surface area contributed by atoms with Crippen molar-refractivity contribution in [3.8, 4) is 5.75 Å². The summed E-state index contributed by atoms with van der Waals surface area (Å²) in [6.07, 6.45) is 8.32. The molecule has 156 valence electrons. The van der Waals surface area contributed by atoms with E-state index in [1.165, 1.54) is 25.7 Å². The molecule has 0 atom stereocenters. The lowest BCUT2D eigenvalue weighted by molar-refractivity contribution is 0.308. The molecule has 2 aromatic rings. The molecule has 0 heterocycles. The lowest BCUT2D eigenvalue weighted by Crippen LogP contribution is -2.32. The molecule has 2 rings (SSSR count). The first kappa shape index (κ1) is 24.3. The molecule has 0 radical (unpaired) electrons. The number of rotatable bonds is 12. The molecule has 2 aromatic carbocycles. The van der Waals surface area contributed by atoms with Crippen LogP contribution in [0.1, 0.15) is 71.3 Å². The minimum atomic E-state index is 0. The lowest BCUT2D eigenvalue weighted by Gasteiger charge is -2.25. The van der Waals surface area contributed by atoms with Crippen molar-refractivity contribution in [2.45, 2.75) is 65.7 Å². The van der Waals surface area contributed by atoms with Gasteiger partial charge in [-0.3, -0.25) is 5.41 Å². The summed E-state index contributed by atoms with van der Waals surface area (Å²) in [6, 6.07) is 12.5. The minimum Gasteiger partial charge on any atom is -0.493 e. The molecule has 0 aliphatic heterocycles. The highest BCUT2D eigenvalue weighted by Gasteiger charge is 2.15. The smallest absolute Gasteiger partial charge is 0.128 e. The van der Waals surface area contributed by atoms with Gasteiger partial charge < -0.3 is 9.64 Å². The second-order valence-corrected chi connectivity index (χ2v) is 7.26. The zero-order valence-electron chi connectivity index (χ0n) is 17.8. The number of halogens is 1. The molecule has 0 aliphatic rings. The quantitative estimate of drug-likeness (QED) is 0.233. The zero-order valence-corrected chi connectivity index (χ0v) is 18.6. The Hall–Kier alpha value is -1.74. The molecule has 0 spiro atoms. The van der Waals surface area contributed by atoms with Gasteiger partial charge in [-0.25, -0.2) is 0 Å². The zero-order chi connectivity index (χ0) is 19.5. The number of amidine groups is 1. The van der Waals surface area contributed by atoms with Gasteiger partial charge in [0.25, 0.3) is 0 Å². The Morgan fingerprint density at radius 2 is 1.46 bits per heavy atom. The predicted molar refractivity (Wildman–Crippen MR) is 124 cm³/mol. The topological polar surface area (TPSA) is 36.3 Å². The summed E-state index contributed by atoms with van der Waals surface area (Å²) < 4.78 is 6.11. The van der Waals surface area contributed by atoms with Gasteiger partial charge in [-0.1, -0.05) is 70.7 Å². The number of hydrogen-bond donors (Lipinski definition) is 1. The van der Waals surface area contributed by atoms with Crippen LogP contribution >= 0.6 is 12.4 Å². The summed E-state index contributed by atoms with van der Waals surface area (Å²) in [6.45, 7) is 9.21. The van der Waals surface area contributed by atoms with Crippen LogP contribution in [0, 0.1) is 5.41 Å². The van der Waals surface area contributed by atoms with E-state index in [-0.39, 0.29) is 12.4 Å². The summed E-state index contributed by atoms with van der Waals surface area (Å²) in [4.78, 5) is 2.19. The number of nitrogens with one attached hydrogen (secondary N) is 1. The van der Waals surface area contributed by atoms with Gasteiger partial charge in [0, 0.05) is 24.0 Å². The fourth-order valence-corrected chi connectivity index (χ4v) is 3.54. The van der Waals surface area contributed by atoms with Crippen molar-refractivity contribution in [1.82, 2.24) is 4.90 Å². The molecule has 0 aromatic heterocycles. The normalized spacial score (nSPS) is 10.5. The fraction of sp³-hybridized carbons (Fsp3) is 0.542. The van der Waals surface area contributed by atoms with Gasteiger partial charge in [-0.2, -0.15) is 0 Å². The van der Waals surface area contributed by atoms with Gasteiger partial charge >= 0.3 is 0 Å². The molecule has 0 amide bonds. The van der Waals surface area contributed by atoms with E-state index in [2.05, 4.69) is 56.0 Å². The molecule has 0 saturated heterocycles. The average Bonchev–Trinajstić information content (AvgIpc) is 2.70. The number of hydrogen-bond acceptors (Lipinski definition) is 2. The van der Waals surface area contributed by atoms with Gasteiger partial charge in [0.1, 0.15) is 11.6 Å². The maximum Gasteiger partial charge on any atom is 0.128 e. The first-order valence-electron chi connectivity index (χ1n) is 10.7. The van der Waals surface area contributed by atoms with E-state index in [0.717, 1.165) is 61.0 Å². The Kier molecular flexibility index (Phi) is 11.7. The Bertz CT molecular complexity index is 711. The highest BCUT2D eigenvalue weighted by molar-refractivity contribution is 6.09. The first-order chi connectivity index (χ1) is 13.2. The maximum absolute atomic E-state index is 8.76. The summed E-state index contributed by atoms with van der Waals surface area (Å²) in [5.41, 5.74) is 1.00. The van der Waals surface area contributed by atoms with Crippen molar-refractivity contribution in [1.29, 1.82) is 5.41 Å². The lowest BCUT2D eigenvalue weighted by atomic mass is 10.0. The molecule has 3 nitrogen and oxygen atoms in total. The van der Waals surface area contributed by atoms with Crippen molar-refractivity contribution in [3.05, 3.63) is 42.0 Å². The molecule has 0 unspecified atom stereocenters. The van der Waals surface area contributed by atoms with E-state index in [9.17, 15) is 0 Å². The van der Waals surface area contributed by atoms with Crippen LogP contribution in [0.15, 0.2) is 36.4 Å². The Morgan fingerprint density at radius 3 is 2.11 bits per heavy atom. The predicted octanol–water partition coefficient (Wildman–Crippen LogP) is 7.06. The van der Waals surface area contributed by atoms with Gasteiger partial charge in [0.05, 0.1) is 6.61 Å². The molecule has 0 saturated carbocycles. The van der Waals surface area contributed by atoms with Crippen molar-refractivity contribution < 1.29 is 4.74 Å². The van der Waals surface area contributed by atoms with Crippen LogP contribution in [0.2, 0.25) is 0 Å². The van der Waals surface area contributed by atoms with Crippen molar-refractivity contribution in [3.63, 3.8) is 0 Å². The maximum atomic E-state index is 8.76. The summed E-state index contributed by atoms with van der Waals surface area (Å²) in [5.74, 6) is 1.57. The van der Waals surface area contributed by atoms with Gasteiger partial charge in [-0.05, 0) is 36.8 Å². The third-order valence-electron chi connectivity index (χ3n) is 4.95. The summed E-state index contributed by atoms with van der Waals surface area (Å²) in [5, 5.41) is 11.0. The highest BCUT2D eigenvalue weighted by Crippen LogP contribution is 2.29. The van der Waals surface area contributed by atoms with E-state index in [1.807, 2.05) is 6.07 Å². The third-order valence-corrected chi connectivity index (χ3v) is 4.95. The van der Waals surface area contributed by atoms with Gasteiger partial charge in [0.2, 0.25) is 0 Å². The molecular formula is C24H37ClN2O. The van der Waals surface area contributed by atoms with Crippen LogP contribution in [0.4, 0.5) is 0 Å². The average molecular weight is 405 g/mol. The van der Waals surface area contributed by atoms with Crippen LogP contribution in [-0.4, -0.2) is 30.4 Å². The third kappa shape index (κ3) is 6.70. The van der Waals surface area contributed by atoms with Gasteiger partial charge in [0.15, 0.2) is 0 Å². The summed E-state index contributed by atoms with van der Waals surface area (Å²) >= 11 is 0. The highest BCUT2D eigenvalue weighted by atomic mass is 35.5. The van der Waals surface area contributed by atoms with Crippen LogP contribution in [0.3, 0.4) is 0 Å². The second kappa shape index (κ2) is 13.4. The van der Waals surface area contributed by atoms with E-state index in [1.54, 1.807) is 0 Å². The van der Waals surface area contributed by atoms with Crippen LogP contribution in [0.25, 0.3) is 10.8 Å². The van der Waals surface area contributed by atoms with Crippen LogP contribution in [-0.2, 0) is 0 Å². The van der Waals surface area contributed by atoms with E-state index in [4.69, 9.17) is 10.1 Å². The van der Waals surface area contributed by atoms with Crippen molar-refractivity contribution in [2.24, 2.45) is 0 Å². The van der Waals surface area contributed by atoms with Gasteiger partial charge in [-0.15, -0.1) is 12.4 Å². The number of nitrogens with zero attached hydrogens (tertiary/aromatic N) is 1. The number of benzene rings is 2. The first-order valence-corrected chi connectivity index (χ1v) is 10.7. The monoisotopic (exact) mass is 404 g/mol. The number of ether oxygens (including phenoxy) is 1. The number of unbranched alkanes of at least 4 members (excludes halogenated alkanes) is 4. The standard InChI is InChI=1S/C24H36N2O.ClH/c1-4-7-8-9-12-19-27-23-16-15-22(20-13-10-11-14-21(20)23)24(25)26(17-5-2)18-6-3;/h10-11,13-16,25H,4-9,12,17-19H2,1-3H3;1H. The van der Waals surface area contributed by atoms with Crippen molar-refractivity contribution >= 4 is 29.0 Å². The van der Waals surface area contributed by atoms with Crippen molar-refractivity contribution in [2.75, 3.05) is 19.7 Å². The second-order valence-electron chi connectivity index (χ2n) is 7.26. The number of fused-ring (bicyclic) bond motifs is 1. The molecular weight excluding hydrogens is 368 g/mol. The molecule has 4 heteroatoms. The minimum absolute atomic E-state index is 0. The molecule has 0 fully saturated rings. The largest absolute Gasteiger partial charge is 0.493 e. The Labute approximate surface area is 177 Å². The SMILES string of the molecule is CCCCCCCOc1ccc(C(=N)N(CCC)CCC)c2ccccc12.Cl. The van der Waals surface area contributed by atoms with E-state index >= 15 is 0 Å². The Balaban J connectivity index is 0.00000392. The van der Waals surface area contributed by atoms with E-state index in [0.29, 0.717) is 5.84 Å².